The van der Waals surface area contributed by atoms with E-state index in [0.29, 0.717) is 5.58 Å². The maximum Gasteiger partial charge on any atom is 0.305 e. The zero-order valence-electron chi connectivity index (χ0n) is 17.3. The molecule has 0 spiro atoms. The first-order chi connectivity index (χ1) is 13.5. The van der Waals surface area contributed by atoms with E-state index >= 15 is 0 Å². The second kappa shape index (κ2) is 7.75. The van der Waals surface area contributed by atoms with Gasteiger partial charge in [-0.25, -0.2) is 0 Å². The van der Waals surface area contributed by atoms with E-state index < -0.39 is 27.6 Å². The second-order valence-corrected chi connectivity index (χ2v) is 10.3. The molecule has 29 heavy (non-hydrogen) atoms. The SMILES string of the molecule is CC#Cc1ccc2oc3ccc(C(C)(CC(=O)O)N[S@+]([O-])C(C)(C)C)cc3c2c1. The summed E-state index contributed by atoms with van der Waals surface area (Å²) in [5.41, 5.74) is 2.06. The van der Waals surface area contributed by atoms with Crippen molar-refractivity contribution in [1.29, 1.82) is 0 Å². The summed E-state index contributed by atoms with van der Waals surface area (Å²) in [4.78, 5) is 11.6. The molecule has 0 amide bonds. The van der Waals surface area contributed by atoms with Crippen molar-refractivity contribution in [1.82, 2.24) is 4.72 Å². The van der Waals surface area contributed by atoms with E-state index in [1.165, 1.54) is 0 Å². The Labute approximate surface area is 173 Å². The molecular formula is C23H25NO4S. The molecule has 0 aliphatic rings. The number of carboxylic acids is 1. The van der Waals surface area contributed by atoms with Crippen molar-refractivity contribution in [2.45, 2.75) is 51.3 Å². The Kier molecular flexibility index (Phi) is 5.68. The summed E-state index contributed by atoms with van der Waals surface area (Å²) in [7, 11) is 0. The number of aliphatic carboxylic acids is 1. The summed E-state index contributed by atoms with van der Waals surface area (Å²) in [6, 6.07) is 11.3. The molecule has 2 atom stereocenters. The molecule has 3 aromatic rings. The second-order valence-electron chi connectivity index (χ2n) is 8.28. The van der Waals surface area contributed by atoms with Gasteiger partial charge in [0.2, 0.25) is 0 Å². The van der Waals surface area contributed by atoms with Crippen molar-refractivity contribution >= 4 is 39.3 Å². The first-order valence-electron chi connectivity index (χ1n) is 9.34. The topological polar surface area (TPSA) is 85.5 Å². The van der Waals surface area contributed by atoms with E-state index in [1.807, 2.05) is 57.2 Å². The molecule has 1 unspecified atom stereocenters. The molecule has 0 fully saturated rings. The first kappa shape index (κ1) is 21.3. The van der Waals surface area contributed by atoms with Gasteiger partial charge in [-0.15, -0.1) is 10.6 Å². The van der Waals surface area contributed by atoms with Crippen molar-refractivity contribution in [2.24, 2.45) is 0 Å². The van der Waals surface area contributed by atoms with Gasteiger partial charge in [0, 0.05) is 27.7 Å². The lowest BCUT2D eigenvalue weighted by Gasteiger charge is -2.34. The van der Waals surface area contributed by atoms with Crippen molar-refractivity contribution < 1.29 is 18.9 Å². The van der Waals surface area contributed by atoms with Gasteiger partial charge in [0.1, 0.15) is 15.9 Å². The van der Waals surface area contributed by atoms with E-state index in [1.54, 1.807) is 13.8 Å². The highest BCUT2D eigenvalue weighted by molar-refractivity contribution is 7.90. The molecule has 6 heteroatoms. The van der Waals surface area contributed by atoms with Crippen LogP contribution >= 0.6 is 0 Å². The summed E-state index contributed by atoms with van der Waals surface area (Å²) in [5.74, 6) is 4.97. The minimum Gasteiger partial charge on any atom is -0.598 e. The highest BCUT2D eigenvalue weighted by Gasteiger charge is 2.39. The van der Waals surface area contributed by atoms with Gasteiger partial charge >= 0.3 is 5.97 Å². The first-order valence-corrected chi connectivity index (χ1v) is 10.5. The molecule has 2 aromatic carbocycles. The molecule has 0 saturated heterocycles. The Morgan fingerprint density at radius 1 is 1.14 bits per heavy atom. The van der Waals surface area contributed by atoms with Crippen LogP contribution in [-0.4, -0.2) is 20.4 Å². The molecule has 0 aliphatic heterocycles. The standard InChI is InChI=1S/C23H25NO4S/c1-6-7-15-8-10-19-17(12-15)18-13-16(9-11-20(18)28-19)23(5,14-21(25)26)24-29(27)22(2,3)4/h8-13,24H,14H2,1-5H3,(H,25,26)/t23?,29-/m1/s1. The fraction of sp³-hybridized carbons (Fsp3) is 0.348. The lowest BCUT2D eigenvalue weighted by atomic mass is 9.89. The Balaban J connectivity index is 2.15. The van der Waals surface area contributed by atoms with Crippen LogP contribution < -0.4 is 4.72 Å². The van der Waals surface area contributed by atoms with E-state index in [2.05, 4.69) is 16.6 Å². The number of carbonyl (C=O) groups is 1. The Morgan fingerprint density at radius 3 is 2.34 bits per heavy atom. The van der Waals surface area contributed by atoms with Crippen LogP contribution in [0.1, 0.15) is 52.2 Å². The molecule has 0 bridgehead atoms. The molecule has 0 radical (unpaired) electrons. The van der Waals surface area contributed by atoms with Crippen LogP contribution in [0.15, 0.2) is 40.8 Å². The quantitative estimate of drug-likeness (QED) is 0.469. The predicted octanol–water partition coefficient (Wildman–Crippen LogP) is 4.70. The molecule has 1 heterocycles. The fourth-order valence-corrected chi connectivity index (χ4v) is 4.11. The van der Waals surface area contributed by atoms with Crippen LogP contribution in [0.25, 0.3) is 21.9 Å². The Hall–Kier alpha value is -2.46. The van der Waals surface area contributed by atoms with E-state index in [0.717, 1.165) is 27.5 Å². The molecule has 5 nitrogen and oxygen atoms in total. The minimum atomic E-state index is -1.44. The number of nitrogens with one attached hydrogen (secondary N) is 1. The molecule has 2 N–H and O–H groups in total. The van der Waals surface area contributed by atoms with E-state index in [4.69, 9.17) is 4.42 Å². The molecule has 0 saturated carbocycles. The zero-order valence-corrected chi connectivity index (χ0v) is 18.1. The summed E-state index contributed by atoms with van der Waals surface area (Å²) in [5, 5.41) is 11.3. The van der Waals surface area contributed by atoms with E-state index in [9.17, 15) is 14.5 Å². The van der Waals surface area contributed by atoms with Gasteiger partial charge in [0.25, 0.3) is 0 Å². The molecule has 3 rings (SSSR count). The van der Waals surface area contributed by atoms with Crippen molar-refractivity contribution in [2.75, 3.05) is 0 Å². The summed E-state index contributed by atoms with van der Waals surface area (Å²) < 4.78 is 21.2. The van der Waals surface area contributed by atoms with Crippen LogP contribution in [-0.2, 0) is 21.7 Å². The maximum atomic E-state index is 12.8. The van der Waals surface area contributed by atoms with Gasteiger partial charge in [-0.3, -0.25) is 4.79 Å². The number of hydrogen-bond acceptors (Lipinski definition) is 4. The number of hydrogen-bond donors (Lipinski definition) is 2. The smallest absolute Gasteiger partial charge is 0.305 e. The van der Waals surface area contributed by atoms with Crippen molar-refractivity contribution in [3.8, 4) is 11.8 Å². The third kappa shape index (κ3) is 4.43. The van der Waals surface area contributed by atoms with Gasteiger partial charge in [0.05, 0.1) is 12.0 Å². The van der Waals surface area contributed by atoms with Crippen molar-refractivity contribution in [3.05, 3.63) is 47.5 Å². The highest BCUT2D eigenvalue weighted by Crippen LogP contribution is 2.35. The third-order valence-electron chi connectivity index (χ3n) is 4.75. The minimum absolute atomic E-state index is 0.206. The summed E-state index contributed by atoms with van der Waals surface area (Å²) in [6.07, 6.45) is -0.206. The lowest BCUT2D eigenvalue weighted by Crippen LogP contribution is -2.50. The van der Waals surface area contributed by atoms with E-state index in [-0.39, 0.29) is 6.42 Å². The van der Waals surface area contributed by atoms with Gasteiger partial charge in [-0.1, -0.05) is 12.0 Å². The number of carboxylic acid groups (broad SMARTS) is 1. The van der Waals surface area contributed by atoms with Gasteiger partial charge in [0.15, 0.2) is 0 Å². The average molecular weight is 412 g/mol. The highest BCUT2D eigenvalue weighted by atomic mass is 32.2. The Bertz CT molecular complexity index is 1130. The van der Waals surface area contributed by atoms with Crippen LogP contribution in [0.5, 0.6) is 0 Å². The Morgan fingerprint density at radius 2 is 1.76 bits per heavy atom. The predicted molar refractivity (Wildman–Crippen MR) is 117 cm³/mol. The number of furan rings is 1. The molecular weight excluding hydrogens is 386 g/mol. The van der Waals surface area contributed by atoms with Gasteiger partial charge in [-0.2, -0.15) is 0 Å². The fourth-order valence-electron chi connectivity index (χ4n) is 3.20. The van der Waals surface area contributed by atoms with Crippen LogP contribution in [0.4, 0.5) is 0 Å². The van der Waals surface area contributed by atoms with Gasteiger partial charge in [-0.05, 0) is 70.5 Å². The number of fused-ring (bicyclic) bond motifs is 3. The summed E-state index contributed by atoms with van der Waals surface area (Å²) >= 11 is -1.44. The van der Waals surface area contributed by atoms with Crippen LogP contribution in [0.3, 0.4) is 0 Å². The van der Waals surface area contributed by atoms with Crippen molar-refractivity contribution in [3.63, 3.8) is 0 Å². The normalized spacial score (nSPS) is 15.0. The van der Waals surface area contributed by atoms with Crippen LogP contribution in [0, 0.1) is 11.8 Å². The largest absolute Gasteiger partial charge is 0.598 e. The lowest BCUT2D eigenvalue weighted by molar-refractivity contribution is -0.138. The summed E-state index contributed by atoms with van der Waals surface area (Å²) in [6.45, 7) is 9.09. The number of benzene rings is 2. The average Bonchev–Trinajstić information content (AvgIpc) is 2.97. The molecule has 152 valence electrons. The monoisotopic (exact) mass is 411 g/mol. The van der Waals surface area contributed by atoms with Crippen LogP contribution in [0.2, 0.25) is 0 Å². The zero-order chi connectivity index (χ0) is 21.4. The maximum absolute atomic E-state index is 12.8. The third-order valence-corrected chi connectivity index (χ3v) is 6.50. The number of rotatable bonds is 5. The van der Waals surface area contributed by atoms with Gasteiger partial charge < -0.3 is 14.1 Å². The molecule has 1 aromatic heterocycles. The molecule has 0 aliphatic carbocycles.